The Labute approximate surface area is 219 Å². The third kappa shape index (κ3) is 4.89. The van der Waals surface area contributed by atoms with E-state index in [4.69, 9.17) is 11.6 Å². The predicted octanol–water partition coefficient (Wildman–Crippen LogP) is 3.28. The van der Waals surface area contributed by atoms with Crippen LogP contribution in [0.1, 0.15) is 50.6 Å². The lowest BCUT2D eigenvalue weighted by Gasteiger charge is -2.20. The largest absolute Gasteiger partial charge is 0.351 e. The molecule has 1 aliphatic carbocycles. The van der Waals surface area contributed by atoms with Crippen molar-refractivity contribution in [3.8, 4) is 0 Å². The minimum Gasteiger partial charge on any atom is -0.351 e. The van der Waals surface area contributed by atoms with Crippen molar-refractivity contribution in [2.75, 3.05) is 33.2 Å². The summed E-state index contributed by atoms with van der Waals surface area (Å²) in [6.45, 7) is 6.50. The highest BCUT2D eigenvalue weighted by Gasteiger charge is 2.43. The SMILES string of the molecule is CN1CCc2nc(C(=O)N[C@@H]3CN(CC4(C)CC4)C[C@H]3NC(=O)c3cc4cc(Cl)ccc4[nH]3)sc2C1. The van der Waals surface area contributed by atoms with Gasteiger partial charge in [-0.3, -0.25) is 14.5 Å². The normalized spacial score (nSPS) is 23.5. The summed E-state index contributed by atoms with van der Waals surface area (Å²) in [6.07, 6.45) is 3.34. The van der Waals surface area contributed by atoms with E-state index >= 15 is 0 Å². The van der Waals surface area contributed by atoms with Gasteiger partial charge in [0.05, 0.1) is 17.8 Å². The van der Waals surface area contributed by atoms with E-state index in [1.807, 2.05) is 18.2 Å². The number of carbonyl (C=O) groups is 2. The van der Waals surface area contributed by atoms with E-state index in [0.29, 0.717) is 34.2 Å². The zero-order chi connectivity index (χ0) is 25.0. The number of likely N-dealkylation sites (N-methyl/N-ethyl adjacent to an activating group) is 1. The molecule has 2 amide bonds. The molecule has 0 bridgehead atoms. The number of thiazole rings is 1. The molecular weight excluding hydrogens is 496 g/mol. The lowest BCUT2D eigenvalue weighted by Crippen LogP contribution is -2.51. The molecule has 0 unspecified atom stereocenters. The number of hydrogen-bond acceptors (Lipinski definition) is 6. The fraction of sp³-hybridized carbons (Fsp3) is 0.500. The molecule has 1 saturated carbocycles. The number of aromatic amines is 1. The Balaban J connectivity index is 1.18. The van der Waals surface area contributed by atoms with Crippen LogP contribution in [0.4, 0.5) is 0 Å². The van der Waals surface area contributed by atoms with E-state index in [9.17, 15) is 9.59 Å². The van der Waals surface area contributed by atoms with Crippen molar-refractivity contribution in [3.05, 3.63) is 50.6 Å². The maximum atomic E-state index is 13.2. The fourth-order valence-corrected chi connectivity index (χ4v) is 6.61. The average molecular weight is 527 g/mol. The standard InChI is InChI=1S/C26H31ClN6O2S/c1-26(6-7-26)14-33-11-20(29-23(34)19-10-15-9-16(27)3-4-17(15)28-19)21(12-33)30-24(35)25-31-18-5-8-32(2)13-22(18)36-25/h3-4,9-10,20-21,28H,5-8,11-14H2,1-2H3,(H,29,34)(H,30,35)/t20-,21-/m1/s1. The predicted molar refractivity (Wildman–Crippen MR) is 142 cm³/mol. The van der Waals surface area contributed by atoms with Crippen LogP contribution in [0.3, 0.4) is 0 Å². The summed E-state index contributed by atoms with van der Waals surface area (Å²) in [4.78, 5) is 40.1. The summed E-state index contributed by atoms with van der Waals surface area (Å²) >= 11 is 7.60. The van der Waals surface area contributed by atoms with E-state index in [1.165, 1.54) is 29.1 Å². The van der Waals surface area contributed by atoms with Gasteiger partial charge < -0.3 is 20.5 Å². The highest BCUT2D eigenvalue weighted by atomic mass is 35.5. The van der Waals surface area contributed by atoms with Crippen molar-refractivity contribution in [1.82, 2.24) is 30.4 Å². The van der Waals surface area contributed by atoms with E-state index in [-0.39, 0.29) is 23.9 Å². The van der Waals surface area contributed by atoms with E-state index in [2.05, 4.69) is 44.4 Å². The molecule has 3 N–H and O–H groups in total. The maximum absolute atomic E-state index is 13.2. The van der Waals surface area contributed by atoms with Crippen molar-refractivity contribution in [3.63, 3.8) is 0 Å². The van der Waals surface area contributed by atoms with Crippen LogP contribution < -0.4 is 10.6 Å². The second-order valence-corrected chi connectivity index (χ2v) is 12.5. The van der Waals surface area contributed by atoms with Gasteiger partial charge in [0.15, 0.2) is 5.01 Å². The number of halogens is 1. The molecule has 1 aromatic carbocycles. The molecular formula is C26H31ClN6O2S. The highest BCUT2D eigenvalue weighted by Crippen LogP contribution is 2.45. The lowest BCUT2D eigenvalue weighted by atomic mass is 10.1. The van der Waals surface area contributed by atoms with E-state index in [0.717, 1.165) is 42.7 Å². The monoisotopic (exact) mass is 526 g/mol. The summed E-state index contributed by atoms with van der Waals surface area (Å²) in [5, 5.41) is 8.43. The third-order valence-corrected chi connectivity index (χ3v) is 9.00. The molecule has 0 spiro atoms. The van der Waals surface area contributed by atoms with Gasteiger partial charge in [-0.25, -0.2) is 4.98 Å². The molecule has 10 heteroatoms. The quantitative estimate of drug-likeness (QED) is 0.458. The number of fused-ring (bicyclic) bond motifs is 2. The van der Waals surface area contributed by atoms with Crippen LogP contribution in [0.15, 0.2) is 24.3 Å². The average Bonchev–Trinajstić information content (AvgIpc) is 3.18. The Morgan fingerprint density at radius 3 is 2.69 bits per heavy atom. The molecule has 3 aromatic rings. The van der Waals surface area contributed by atoms with Gasteiger partial charge in [0, 0.05) is 59.9 Å². The molecule has 3 aliphatic rings. The fourth-order valence-electron chi connectivity index (χ4n) is 5.34. The molecule has 2 aromatic heterocycles. The Kier molecular flexibility index (Phi) is 6.06. The number of nitrogens with one attached hydrogen (secondary N) is 3. The third-order valence-electron chi connectivity index (χ3n) is 7.68. The molecule has 2 atom stereocenters. The summed E-state index contributed by atoms with van der Waals surface area (Å²) in [7, 11) is 2.09. The van der Waals surface area contributed by atoms with Crippen LogP contribution in [-0.4, -0.2) is 76.9 Å². The van der Waals surface area contributed by atoms with Crippen molar-refractivity contribution < 1.29 is 9.59 Å². The van der Waals surface area contributed by atoms with Gasteiger partial charge in [-0.15, -0.1) is 11.3 Å². The molecule has 6 rings (SSSR count). The number of carbonyl (C=O) groups excluding carboxylic acids is 2. The summed E-state index contributed by atoms with van der Waals surface area (Å²) in [5.41, 5.74) is 2.75. The number of rotatable bonds is 6. The Morgan fingerprint density at radius 2 is 1.94 bits per heavy atom. The van der Waals surface area contributed by atoms with Crippen LogP contribution >= 0.6 is 22.9 Å². The molecule has 8 nitrogen and oxygen atoms in total. The van der Waals surface area contributed by atoms with Gasteiger partial charge in [0.2, 0.25) is 0 Å². The maximum Gasteiger partial charge on any atom is 0.280 e. The van der Waals surface area contributed by atoms with Gasteiger partial charge in [0.1, 0.15) is 5.69 Å². The van der Waals surface area contributed by atoms with Crippen LogP contribution in [0.5, 0.6) is 0 Å². The first-order chi connectivity index (χ1) is 17.2. The second-order valence-electron chi connectivity index (χ2n) is 11.0. The van der Waals surface area contributed by atoms with Crippen molar-refractivity contribution in [2.24, 2.45) is 5.41 Å². The smallest absolute Gasteiger partial charge is 0.280 e. The summed E-state index contributed by atoms with van der Waals surface area (Å²) in [5.74, 6) is -0.333. The van der Waals surface area contributed by atoms with Crippen molar-refractivity contribution >= 4 is 45.7 Å². The number of likely N-dealkylation sites (tertiary alicyclic amines) is 1. The number of amides is 2. The zero-order valence-electron chi connectivity index (χ0n) is 20.6. The van der Waals surface area contributed by atoms with Crippen LogP contribution in [0.2, 0.25) is 5.02 Å². The van der Waals surface area contributed by atoms with Crippen molar-refractivity contribution in [1.29, 1.82) is 0 Å². The van der Waals surface area contributed by atoms with E-state index in [1.54, 1.807) is 6.07 Å². The topological polar surface area (TPSA) is 93.4 Å². The molecule has 36 heavy (non-hydrogen) atoms. The first-order valence-corrected chi connectivity index (χ1v) is 13.7. The highest BCUT2D eigenvalue weighted by molar-refractivity contribution is 7.13. The Bertz CT molecular complexity index is 1330. The van der Waals surface area contributed by atoms with Gasteiger partial charge in [0.25, 0.3) is 11.8 Å². The van der Waals surface area contributed by atoms with Gasteiger partial charge in [-0.1, -0.05) is 18.5 Å². The molecule has 0 radical (unpaired) electrons. The minimum atomic E-state index is -0.195. The first-order valence-electron chi connectivity index (χ1n) is 12.5. The van der Waals surface area contributed by atoms with Crippen LogP contribution in [0, 0.1) is 5.41 Å². The van der Waals surface area contributed by atoms with Crippen molar-refractivity contribution in [2.45, 2.75) is 44.8 Å². The second kappa shape index (κ2) is 9.13. The molecule has 2 fully saturated rings. The molecule has 4 heterocycles. The van der Waals surface area contributed by atoms with E-state index < -0.39 is 0 Å². The summed E-state index contributed by atoms with van der Waals surface area (Å²) < 4.78 is 0. The number of hydrogen-bond donors (Lipinski definition) is 3. The van der Waals surface area contributed by atoms with Gasteiger partial charge in [-0.2, -0.15) is 0 Å². The number of nitrogens with zero attached hydrogens (tertiary/aromatic N) is 3. The molecule has 1 saturated heterocycles. The summed E-state index contributed by atoms with van der Waals surface area (Å²) in [6, 6.07) is 6.95. The Morgan fingerprint density at radius 1 is 1.19 bits per heavy atom. The van der Waals surface area contributed by atoms with Crippen LogP contribution in [-0.2, 0) is 13.0 Å². The zero-order valence-corrected chi connectivity index (χ0v) is 22.1. The van der Waals surface area contributed by atoms with Gasteiger partial charge >= 0.3 is 0 Å². The molecule has 2 aliphatic heterocycles. The Hall–Kier alpha value is -2.46. The number of H-pyrrole nitrogens is 1. The van der Waals surface area contributed by atoms with Gasteiger partial charge in [-0.05, 0) is 49.6 Å². The number of aromatic nitrogens is 2. The molecule has 190 valence electrons. The lowest BCUT2D eigenvalue weighted by molar-refractivity contribution is 0.0894. The first kappa shape index (κ1) is 23.9. The van der Waals surface area contributed by atoms with Crippen LogP contribution in [0.25, 0.3) is 10.9 Å². The number of benzene rings is 1. The minimum absolute atomic E-state index is 0.152.